The number of methoxy groups -OCH3 is 1. The highest BCUT2D eigenvalue weighted by atomic mass is 16.5. The molecule has 0 fully saturated rings. The second-order valence-electron chi connectivity index (χ2n) is 3.75. The van der Waals surface area contributed by atoms with Crippen molar-refractivity contribution in [2.24, 2.45) is 0 Å². The van der Waals surface area contributed by atoms with E-state index in [9.17, 15) is 4.79 Å². The maximum Gasteiger partial charge on any atom is 0.377 e. The van der Waals surface area contributed by atoms with Crippen LogP contribution in [0.15, 0.2) is 36.8 Å². The molecule has 3 aromatic rings. The number of rotatable bonds is 2. The third kappa shape index (κ3) is 1.64. The largest absolute Gasteiger partial charge is 0.463 e. The zero-order valence-corrected chi connectivity index (χ0v) is 9.62. The molecule has 0 aliphatic heterocycles. The molecule has 0 saturated carbocycles. The number of hydrogen-bond acceptors (Lipinski definition) is 4. The molecule has 0 bridgehead atoms. The first-order chi connectivity index (χ1) is 8.78. The van der Waals surface area contributed by atoms with Gasteiger partial charge in [0, 0.05) is 17.1 Å². The van der Waals surface area contributed by atoms with E-state index in [0.29, 0.717) is 0 Å². The molecule has 1 aromatic carbocycles. The summed E-state index contributed by atoms with van der Waals surface area (Å²) in [6.07, 6.45) is 3.36. The first-order valence-electron chi connectivity index (χ1n) is 5.35. The molecule has 0 aliphatic rings. The number of nitrogens with one attached hydrogen (secondary N) is 1. The van der Waals surface area contributed by atoms with Crippen LogP contribution in [0.4, 0.5) is 0 Å². The molecule has 0 spiro atoms. The van der Waals surface area contributed by atoms with E-state index >= 15 is 0 Å². The van der Waals surface area contributed by atoms with Crippen molar-refractivity contribution in [2.45, 2.75) is 0 Å². The van der Waals surface area contributed by atoms with E-state index in [1.807, 2.05) is 30.5 Å². The van der Waals surface area contributed by atoms with Crippen molar-refractivity contribution in [2.75, 3.05) is 7.11 Å². The number of esters is 1. The molecule has 0 saturated heterocycles. The number of carbonyl (C=O) groups is 1. The highest BCUT2D eigenvalue weighted by molar-refractivity contribution is 5.85. The zero-order valence-electron chi connectivity index (χ0n) is 9.62. The number of ether oxygens (including phenoxy) is 1. The van der Waals surface area contributed by atoms with Crippen molar-refractivity contribution >= 4 is 16.9 Å². The molecule has 6 nitrogen and oxygen atoms in total. The molecule has 18 heavy (non-hydrogen) atoms. The van der Waals surface area contributed by atoms with Gasteiger partial charge in [-0.25, -0.2) is 14.5 Å². The lowest BCUT2D eigenvalue weighted by Crippen LogP contribution is -2.05. The third-order valence-corrected chi connectivity index (χ3v) is 2.66. The van der Waals surface area contributed by atoms with Gasteiger partial charge >= 0.3 is 5.97 Å². The van der Waals surface area contributed by atoms with Gasteiger partial charge in [-0.15, -0.1) is 5.10 Å². The smallest absolute Gasteiger partial charge is 0.377 e. The first kappa shape index (κ1) is 10.5. The van der Waals surface area contributed by atoms with Gasteiger partial charge in [-0.1, -0.05) is 0 Å². The quantitative estimate of drug-likeness (QED) is 0.692. The number of carbonyl (C=O) groups excluding carboxylic acids is 1. The molecule has 0 unspecified atom stereocenters. The minimum atomic E-state index is -0.545. The predicted molar refractivity (Wildman–Crippen MR) is 64.6 cm³/mol. The fourth-order valence-corrected chi connectivity index (χ4v) is 1.76. The lowest BCUT2D eigenvalue weighted by molar-refractivity contribution is 0.0587. The van der Waals surface area contributed by atoms with E-state index in [0.717, 1.165) is 16.6 Å². The number of fused-ring (bicyclic) bond motifs is 1. The van der Waals surface area contributed by atoms with Crippen LogP contribution in [0.25, 0.3) is 16.6 Å². The monoisotopic (exact) mass is 242 g/mol. The van der Waals surface area contributed by atoms with Crippen LogP contribution in [0, 0.1) is 0 Å². The highest BCUT2D eigenvalue weighted by Crippen LogP contribution is 2.16. The van der Waals surface area contributed by atoms with E-state index in [4.69, 9.17) is 0 Å². The van der Waals surface area contributed by atoms with Crippen LogP contribution < -0.4 is 0 Å². The summed E-state index contributed by atoms with van der Waals surface area (Å²) in [6, 6.07) is 7.78. The highest BCUT2D eigenvalue weighted by Gasteiger charge is 2.11. The zero-order chi connectivity index (χ0) is 12.5. The van der Waals surface area contributed by atoms with Gasteiger partial charge in [-0.3, -0.25) is 0 Å². The summed E-state index contributed by atoms with van der Waals surface area (Å²) in [6.45, 7) is 0. The fourth-order valence-electron chi connectivity index (χ4n) is 1.76. The molecular weight excluding hydrogens is 232 g/mol. The van der Waals surface area contributed by atoms with Crippen LogP contribution in [0.1, 0.15) is 10.6 Å². The van der Waals surface area contributed by atoms with Crippen molar-refractivity contribution in [3.05, 3.63) is 42.6 Å². The Kier molecular flexibility index (Phi) is 2.33. The molecule has 6 heteroatoms. The van der Waals surface area contributed by atoms with E-state index < -0.39 is 5.97 Å². The van der Waals surface area contributed by atoms with Crippen molar-refractivity contribution in [1.82, 2.24) is 19.7 Å². The number of aromatic amines is 1. The molecular formula is C12H10N4O2. The average Bonchev–Trinajstić information content (AvgIpc) is 3.05. The Morgan fingerprint density at radius 1 is 1.39 bits per heavy atom. The number of hydrogen-bond donors (Lipinski definition) is 1. The van der Waals surface area contributed by atoms with Crippen molar-refractivity contribution in [3.63, 3.8) is 0 Å². The van der Waals surface area contributed by atoms with Crippen molar-refractivity contribution in [3.8, 4) is 5.69 Å². The van der Waals surface area contributed by atoms with Gasteiger partial charge in [-0.2, -0.15) is 0 Å². The van der Waals surface area contributed by atoms with Gasteiger partial charge < -0.3 is 9.72 Å². The predicted octanol–water partition coefficient (Wildman–Crippen LogP) is 1.54. The van der Waals surface area contributed by atoms with Crippen molar-refractivity contribution in [1.29, 1.82) is 0 Å². The van der Waals surface area contributed by atoms with E-state index in [-0.39, 0.29) is 5.82 Å². The van der Waals surface area contributed by atoms with Gasteiger partial charge in [0.1, 0.15) is 6.33 Å². The van der Waals surface area contributed by atoms with Crippen LogP contribution in [0.5, 0.6) is 0 Å². The fraction of sp³-hybridized carbons (Fsp3) is 0.0833. The molecule has 0 radical (unpaired) electrons. The summed E-state index contributed by atoms with van der Waals surface area (Å²) in [4.78, 5) is 18.3. The minimum Gasteiger partial charge on any atom is -0.463 e. The maximum atomic E-state index is 11.3. The first-order valence-corrected chi connectivity index (χ1v) is 5.35. The van der Waals surface area contributed by atoms with Crippen LogP contribution in [0.2, 0.25) is 0 Å². The Balaban J connectivity index is 2.03. The van der Waals surface area contributed by atoms with E-state index in [1.165, 1.54) is 13.4 Å². The summed E-state index contributed by atoms with van der Waals surface area (Å²) in [5.41, 5.74) is 1.89. The molecule has 3 rings (SSSR count). The van der Waals surface area contributed by atoms with E-state index in [1.54, 1.807) is 4.68 Å². The van der Waals surface area contributed by atoms with Gasteiger partial charge in [0.05, 0.1) is 12.8 Å². The second-order valence-corrected chi connectivity index (χ2v) is 3.75. The normalized spacial score (nSPS) is 10.7. The topological polar surface area (TPSA) is 72.8 Å². The van der Waals surface area contributed by atoms with Crippen molar-refractivity contribution < 1.29 is 9.53 Å². The molecule has 90 valence electrons. The Labute approximate surface area is 102 Å². The third-order valence-electron chi connectivity index (χ3n) is 2.66. The Morgan fingerprint density at radius 2 is 2.28 bits per heavy atom. The SMILES string of the molecule is COC(=O)c1ncn(-c2ccc3[nH]ccc3c2)n1. The van der Waals surface area contributed by atoms with Crippen LogP contribution in [-0.4, -0.2) is 32.8 Å². The van der Waals surface area contributed by atoms with Crippen LogP contribution >= 0.6 is 0 Å². The standard InChI is InChI=1S/C12H10N4O2/c1-18-12(17)11-14-7-16(15-11)9-2-3-10-8(6-9)4-5-13-10/h2-7,13H,1H3. The van der Waals surface area contributed by atoms with Gasteiger partial charge in [0.15, 0.2) is 0 Å². The number of aromatic nitrogens is 4. The minimum absolute atomic E-state index is 0.0478. The summed E-state index contributed by atoms with van der Waals surface area (Å²) in [5, 5.41) is 5.14. The molecule has 2 aromatic heterocycles. The summed E-state index contributed by atoms with van der Waals surface area (Å²) in [5.74, 6) is -0.497. The number of benzene rings is 1. The number of H-pyrrole nitrogens is 1. The second kappa shape index (κ2) is 3.99. The van der Waals surface area contributed by atoms with Gasteiger partial charge in [0.2, 0.25) is 0 Å². The summed E-state index contributed by atoms with van der Waals surface area (Å²) >= 11 is 0. The molecule has 0 amide bonds. The molecule has 0 atom stereocenters. The average molecular weight is 242 g/mol. The van der Waals surface area contributed by atoms with Crippen LogP contribution in [0.3, 0.4) is 0 Å². The maximum absolute atomic E-state index is 11.3. The number of nitrogens with zero attached hydrogens (tertiary/aromatic N) is 3. The van der Waals surface area contributed by atoms with Gasteiger partial charge in [0.25, 0.3) is 5.82 Å². The lowest BCUT2D eigenvalue weighted by atomic mass is 10.2. The Bertz CT molecular complexity index is 714. The molecule has 1 N–H and O–H groups in total. The van der Waals surface area contributed by atoms with Gasteiger partial charge in [-0.05, 0) is 24.3 Å². The lowest BCUT2D eigenvalue weighted by Gasteiger charge is -2.00. The van der Waals surface area contributed by atoms with E-state index in [2.05, 4.69) is 19.8 Å². The summed E-state index contributed by atoms with van der Waals surface area (Å²) in [7, 11) is 1.30. The molecule has 0 aliphatic carbocycles. The molecule has 2 heterocycles. The summed E-state index contributed by atoms with van der Waals surface area (Å²) < 4.78 is 6.10. The Morgan fingerprint density at radius 3 is 3.11 bits per heavy atom. The van der Waals surface area contributed by atoms with Crippen LogP contribution in [-0.2, 0) is 4.74 Å². The Hall–Kier alpha value is -2.63.